The molecule has 1 saturated heterocycles. The number of methoxy groups -OCH3 is 2. The number of ether oxygens (including phenoxy) is 3. The predicted octanol–water partition coefficient (Wildman–Crippen LogP) is 5.10. The molecule has 0 unspecified atom stereocenters. The molecule has 0 radical (unpaired) electrons. The molecule has 242 valence electrons. The number of hydrogen-bond acceptors (Lipinski definition) is 9. The number of carbonyl (C=O) groups excluding carboxylic acids is 2. The molecule has 1 amide bonds. The summed E-state index contributed by atoms with van der Waals surface area (Å²) in [5, 5.41) is 36.4. The van der Waals surface area contributed by atoms with Crippen LogP contribution in [0.15, 0.2) is 47.1 Å². The Morgan fingerprint density at radius 1 is 1.11 bits per heavy atom. The predicted molar refractivity (Wildman–Crippen MR) is 172 cm³/mol. The molecule has 1 aromatic carbocycles. The fourth-order valence-corrected chi connectivity index (χ4v) is 5.28. The van der Waals surface area contributed by atoms with Gasteiger partial charge in [-0.25, -0.2) is 0 Å². The molecule has 2 aliphatic rings. The van der Waals surface area contributed by atoms with Gasteiger partial charge in [0, 0.05) is 50.4 Å². The highest BCUT2D eigenvalue weighted by Crippen LogP contribution is 2.45. The Kier molecular flexibility index (Phi) is 12.2. The molecule has 2 aliphatic heterocycles. The lowest BCUT2D eigenvalue weighted by atomic mass is 9.91. The maximum atomic E-state index is 13.1. The average molecular weight is 613 g/mol. The van der Waals surface area contributed by atoms with E-state index in [1.54, 1.807) is 45.1 Å². The van der Waals surface area contributed by atoms with E-state index in [4.69, 9.17) is 14.2 Å². The molecule has 0 aromatic heterocycles. The number of amides is 1. The maximum Gasteiger partial charge on any atom is 0.309 e. The van der Waals surface area contributed by atoms with Crippen LogP contribution in [0.1, 0.15) is 59.9 Å². The number of fused-ring (bicyclic) bond motifs is 2. The molecule has 3 rings (SSSR count). The monoisotopic (exact) mass is 612 g/mol. The highest BCUT2D eigenvalue weighted by atomic mass is 16.6. The van der Waals surface area contributed by atoms with Crippen molar-refractivity contribution in [3.8, 4) is 11.5 Å². The number of benzene rings is 1. The smallest absolute Gasteiger partial charge is 0.309 e. The largest absolute Gasteiger partial charge is 0.506 e. The highest BCUT2D eigenvalue weighted by molar-refractivity contribution is 6.05. The summed E-state index contributed by atoms with van der Waals surface area (Å²) >= 11 is 0. The molecular weight excluding hydrogens is 564 g/mol. The summed E-state index contributed by atoms with van der Waals surface area (Å²) < 4.78 is 17.3. The number of aromatic hydroxyl groups is 2. The molecule has 44 heavy (non-hydrogen) atoms. The number of aliphatic hydroxyl groups excluding tert-OH is 1. The third kappa shape index (κ3) is 8.31. The number of aliphatic hydroxyl groups is 1. The molecule has 0 aliphatic carbocycles. The van der Waals surface area contributed by atoms with Crippen molar-refractivity contribution in [3.05, 3.63) is 52.7 Å². The summed E-state index contributed by atoms with van der Waals surface area (Å²) in [6.45, 7) is 12.1. The first-order valence-electron chi connectivity index (χ1n) is 15.1. The SMILES string of the molecule is CO[C@H]1C=CC=C(C)C(=O)Nc2cc(O)c(N3CCC3)c(c2O)C=C(C)C[C@H](OC)[C@H](O)[C@@H](C)C=C(C)[C@@H]1OC(=O)C(C)C. The van der Waals surface area contributed by atoms with Gasteiger partial charge in [-0.3, -0.25) is 9.59 Å². The average Bonchev–Trinajstić information content (AvgIpc) is 2.94. The Balaban J connectivity index is 2.16. The van der Waals surface area contributed by atoms with Crippen LogP contribution in [-0.4, -0.2) is 78.9 Å². The van der Waals surface area contributed by atoms with Gasteiger partial charge in [-0.1, -0.05) is 50.6 Å². The fourth-order valence-electron chi connectivity index (χ4n) is 5.28. The van der Waals surface area contributed by atoms with Crippen LogP contribution in [0.3, 0.4) is 0 Å². The van der Waals surface area contributed by atoms with Crippen molar-refractivity contribution in [2.45, 2.75) is 78.8 Å². The molecule has 10 heteroatoms. The number of phenols is 2. The van der Waals surface area contributed by atoms with Crippen LogP contribution in [0.4, 0.5) is 11.4 Å². The van der Waals surface area contributed by atoms with Gasteiger partial charge >= 0.3 is 5.97 Å². The van der Waals surface area contributed by atoms with Gasteiger partial charge in [-0.05, 0) is 45.3 Å². The number of esters is 1. The minimum Gasteiger partial charge on any atom is -0.506 e. The summed E-state index contributed by atoms with van der Waals surface area (Å²) in [4.78, 5) is 27.8. The number of hydrogen-bond donors (Lipinski definition) is 4. The summed E-state index contributed by atoms with van der Waals surface area (Å²) in [6, 6.07) is 1.35. The first-order chi connectivity index (χ1) is 20.8. The van der Waals surface area contributed by atoms with E-state index in [1.807, 2.05) is 31.7 Å². The van der Waals surface area contributed by atoms with E-state index in [-0.39, 0.29) is 23.1 Å². The second kappa shape index (κ2) is 15.4. The van der Waals surface area contributed by atoms with Gasteiger partial charge in [0.15, 0.2) is 6.10 Å². The summed E-state index contributed by atoms with van der Waals surface area (Å²) in [5.74, 6) is -1.86. The minimum atomic E-state index is -0.925. The fraction of sp³-hybridized carbons (Fsp3) is 0.529. The number of anilines is 2. The van der Waals surface area contributed by atoms with Gasteiger partial charge in [0.25, 0.3) is 5.91 Å². The van der Waals surface area contributed by atoms with Crippen molar-refractivity contribution >= 4 is 29.3 Å². The number of carbonyl (C=O) groups is 2. The van der Waals surface area contributed by atoms with E-state index in [1.165, 1.54) is 20.3 Å². The summed E-state index contributed by atoms with van der Waals surface area (Å²) in [6.07, 6.45) is 6.80. The van der Waals surface area contributed by atoms with Gasteiger partial charge in [0.05, 0.1) is 29.5 Å². The standard InChI is InChI=1S/C34H48N2O8/c1-19(2)34(41)44-32-23(6)17-22(5)30(38)28(43-8)16-20(3)15-24-29(36-13-10-14-36)26(37)18-25(31(24)39)35-33(40)21(4)11-9-12-27(32)42-7/h9,11-12,15,17-19,22,27-28,30,32,37-39H,10,13-14,16H2,1-8H3,(H,35,40)/t22-,27-,28-,30+,32-/m0/s1. The molecule has 1 fully saturated rings. The van der Waals surface area contributed by atoms with E-state index >= 15 is 0 Å². The quantitative estimate of drug-likeness (QED) is 0.155. The Labute approximate surface area is 260 Å². The maximum absolute atomic E-state index is 13.1. The second-order valence-corrected chi connectivity index (χ2v) is 12.0. The molecule has 1 aromatic rings. The van der Waals surface area contributed by atoms with E-state index in [0.717, 1.165) is 25.1 Å². The number of allylic oxidation sites excluding steroid dienone is 2. The molecule has 0 saturated carbocycles. The first kappa shape index (κ1) is 34.9. The Morgan fingerprint density at radius 3 is 2.36 bits per heavy atom. The van der Waals surface area contributed by atoms with Crippen molar-refractivity contribution in [3.63, 3.8) is 0 Å². The number of nitrogens with zero attached hydrogens (tertiary/aromatic N) is 1. The molecule has 5 atom stereocenters. The van der Waals surface area contributed by atoms with E-state index in [0.29, 0.717) is 28.8 Å². The van der Waals surface area contributed by atoms with Crippen LogP contribution in [0.25, 0.3) is 6.08 Å². The van der Waals surface area contributed by atoms with Crippen molar-refractivity contribution < 1.29 is 39.1 Å². The van der Waals surface area contributed by atoms with E-state index < -0.39 is 42.2 Å². The third-order valence-corrected chi connectivity index (χ3v) is 8.11. The Hall–Kier alpha value is -3.60. The van der Waals surface area contributed by atoms with E-state index in [2.05, 4.69) is 5.32 Å². The van der Waals surface area contributed by atoms with Gasteiger partial charge in [0.2, 0.25) is 0 Å². The zero-order valence-electron chi connectivity index (χ0n) is 27.1. The number of phenolic OH excluding ortho intramolecular Hbond substituents is 2. The van der Waals surface area contributed by atoms with Gasteiger partial charge in [-0.2, -0.15) is 0 Å². The van der Waals surface area contributed by atoms with Crippen LogP contribution in [-0.2, 0) is 23.8 Å². The summed E-state index contributed by atoms with van der Waals surface area (Å²) in [7, 11) is 3.03. The van der Waals surface area contributed by atoms with Crippen LogP contribution in [0.5, 0.6) is 11.5 Å². The zero-order valence-corrected chi connectivity index (χ0v) is 27.1. The van der Waals surface area contributed by atoms with Crippen molar-refractivity contribution in [2.75, 3.05) is 37.5 Å². The van der Waals surface area contributed by atoms with Crippen LogP contribution < -0.4 is 10.2 Å². The van der Waals surface area contributed by atoms with Crippen LogP contribution >= 0.6 is 0 Å². The molecule has 2 bridgehead atoms. The van der Waals surface area contributed by atoms with Gasteiger partial charge in [-0.15, -0.1) is 0 Å². The first-order valence-corrected chi connectivity index (χ1v) is 15.1. The van der Waals surface area contributed by atoms with E-state index in [9.17, 15) is 24.9 Å². The van der Waals surface area contributed by atoms with Crippen molar-refractivity contribution in [1.29, 1.82) is 0 Å². The van der Waals surface area contributed by atoms with Crippen molar-refractivity contribution in [2.24, 2.45) is 11.8 Å². The lowest BCUT2D eigenvalue weighted by Crippen LogP contribution is -2.37. The normalized spacial score (nSPS) is 25.5. The minimum absolute atomic E-state index is 0.0632. The molecule has 4 N–H and O–H groups in total. The van der Waals surface area contributed by atoms with Crippen molar-refractivity contribution in [1.82, 2.24) is 0 Å². The number of rotatable bonds is 5. The van der Waals surface area contributed by atoms with Crippen LogP contribution in [0.2, 0.25) is 0 Å². The van der Waals surface area contributed by atoms with Gasteiger partial charge < -0.3 is 39.7 Å². The topological polar surface area (TPSA) is 138 Å². The molecular formula is C34H48N2O8. The summed E-state index contributed by atoms with van der Waals surface area (Å²) in [5.41, 5.74) is 2.73. The lowest BCUT2D eigenvalue weighted by molar-refractivity contribution is -0.155. The second-order valence-electron chi connectivity index (χ2n) is 12.0. The Bertz CT molecular complexity index is 1320. The zero-order chi connectivity index (χ0) is 32.7. The Morgan fingerprint density at radius 2 is 1.80 bits per heavy atom. The number of nitrogens with one attached hydrogen (secondary N) is 1. The third-order valence-electron chi connectivity index (χ3n) is 8.11. The molecule has 10 nitrogen and oxygen atoms in total. The lowest BCUT2D eigenvalue weighted by Gasteiger charge is -2.35. The molecule has 2 heterocycles. The molecule has 0 spiro atoms. The highest BCUT2D eigenvalue weighted by Gasteiger charge is 2.30. The van der Waals surface area contributed by atoms with Gasteiger partial charge in [0.1, 0.15) is 17.6 Å². The van der Waals surface area contributed by atoms with Crippen LogP contribution in [0, 0.1) is 11.8 Å².